The van der Waals surface area contributed by atoms with Crippen molar-refractivity contribution in [2.45, 2.75) is 25.4 Å². The van der Waals surface area contributed by atoms with E-state index in [4.69, 9.17) is 11.6 Å². The molecule has 0 aliphatic carbocycles. The van der Waals surface area contributed by atoms with E-state index in [1.165, 1.54) is 11.8 Å². The van der Waals surface area contributed by atoms with E-state index in [0.29, 0.717) is 28.9 Å². The van der Waals surface area contributed by atoms with Crippen LogP contribution in [0.2, 0.25) is 0 Å². The van der Waals surface area contributed by atoms with E-state index in [0.717, 1.165) is 0 Å². The number of alkyl halides is 1. The van der Waals surface area contributed by atoms with Gasteiger partial charge in [-0.15, -0.1) is 11.6 Å². The van der Waals surface area contributed by atoms with Gasteiger partial charge in [-0.25, -0.2) is 0 Å². The van der Waals surface area contributed by atoms with Gasteiger partial charge >= 0.3 is 5.69 Å². The first-order valence-electron chi connectivity index (χ1n) is 4.52. The molecule has 0 amide bonds. The maximum absolute atomic E-state index is 10.8. The Bertz CT molecular complexity index is 367. The lowest BCUT2D eigenvalue weighted by Crippen LogP contribution is -2.00. The molecule has 15 heavy (non-hydrogen) atoms. The van der Waals surface area contributed by atoms with Gasteiger partial charge in [0.05, 0.1) is 4.92 Å². The number of rotatable bonds is 5. The van der Waals surface area contributed by atoms with Crippen LogP contribution in [0.15, 0.2) is 5.03 Å². The Morgan fingerprint density at radius 1 is 1.67 bits per heavy atom. The van der Waals surface area contributed by atoms with E-state index in [-0.39, 0.29) is 10.6 Å². The Kier molecular flexibility index (Phi) is 4.41. The van der Waals surface area contributed by atoms with Crippen LogP contribution in [0.1, 0.15) is 12.6 Å². The molecule has 1 heterocycles. The lowest BCUT2D eigenvalue weighted by molar-refractivity contribution is -0.388. The SMILES string of the molecule is CCn1nc(C)c([N+](=O)[O-])c1SCCCl. The van der Waals surface area contributed by atoms with Crippen LogP contribution < -0.4 is 0 Å². The highest BCUT2D eigenvalue weighted by Crippen LogP contribution is 2.31. The summed E-state index contributed by atoms with van der Waals surface area (Å²) in [6, 6.07) is 0. The van der Waals surface area contributed by atoms with E-state index < -0.39 is 0 Å². The second-order valence-electron chi connectivity index (χ2n) is 2.85. The number of thioether (sulfide) groups is 1. The van der Waals surface area contributed by atoms with E-state index in [1.54, 1.807) is 11.6 Å². The van der Waals surface area contributed by atoms with E-state index in [9.17, 15) is 10.1 Å². The van der Waals surface area contributed by atoms with Crippen LogP contribution in [0.5, 0.6) is 0 Å². The summed E-state index contributed by atoms with van der Waals surface area (Å²) in [7, 11) is 0. The average Bonchev–Trinajstić information content (AvgIpc) is 2.51. The van der Waals surface area contributed by atoms with Gasteiger partial charge in [-0.05, 0) is 13.8 Å². The number of halogens is 1. The highest BCUT2D eigenvalue weighted by atomic mass is 35.5. The number of aryl methyl sites for hydroxylation is 2. The van der Waals surface area contributed by atoms with Crippen molar-refractivity contribution in [1.29, 1.82) is 0 Å². The van der Waals surface area contributed by atoms with Crippen molar-refractivity contribution in [3.8, 4) is 0 Å². The Morgan fingerprint density at radius 3 is 2.80 bits per heavy atom. The highest BCUT2D eigenvalue weighted by Gasteiger charge is 2.24. The number of nitro groups is 1. The van der Waals surface area contributed by atoms with Crippen molar-refractivity contribution in [2.24, 2.45) is 0 Å². The lowest BCUT2D eigenvalue weighted by atomic mass is 10.4. The van der Waals surface area contributed by atoms with Gasteiger partial charge in [-0.1, -0.05) is 11.8 Å². The van der Waals surface area contributed by atoms with Crippen molar-refractivity contribution >= 4 is 29.1 Å². The quantitative estimate of drug-likeness (QED) is 0.348. The van der Waals surface area contributed by atoms with Crippen molar-refractivity contribution in [3.05, 3.63) is 15.8 Å². The molecular weight excluding hydrogens is 238 g/mol. The second-order valence-corrected chi connectivity index (χ2v) is 4.31. The van der Waals surface area contributed by atoms with Gasteiger partial charge < -0.3 is 0 Å². The molecule has 7 heteroatoms. The standard InChI is InChI=1S/C8H12ClN3O2S/c1-3-11-8(15-5-4-9)7(12(13)14)6(2)10-11/h3-5H2,1-2H3. The van der Waals surface area contributed by atoms with Gasteiger partial charge in [-0.3, -0.25) is 14.8 Å². The summed E-state index contributed by atoms with van der Waals surface area (Å²) in [4.78, 5) is 10.5. The molecule has 0 spiro atoms. The number of aromatic nitrogens is 2. The van der Waals surface area contributed by atoms with Gasteiger partial charge in [-0.2, -0.15) is 5.10 Å². The first-order chi connectivity index (χ1) is 7.11. The van der Waals surface area contributed by atoms with Crippen molar-refractivity contribution < 1.29 is 4.92 Å². The highest BCUT2D eigenvalue weighted by molar-refractivity contribution is 7.99. The molecular formula is C8H12ClN3O2S. The van der Waals surface area contributed by atoms with E-state index >= 15 is 0 Å². The third kappa shape index (κ3) is 2.63. The Morgan fingerprint density at radius 2 is 2.33 bits per heavy atom. The molecule has 5 nitrogen and oxygen atoms in total. The summed E-state index contributed by atoms with van der Waals surface area (Å²) in [5, 5.41) is 15.6. The number of hydrogen-bond acceptors (Lipinski definition) is 4. The van der Waals surface area contributed by atoms with Crippen LogP contribution in [0, 0.1) is 17.0 Å². The Labute approximate surface area is 96.9 Å². The van der Waals surface area contributed by atoms with Gasteiger partial charge in [0.2, 0.25) is 0 Å². The van der Waals surface area contributed by atoms with Gasteiger partial charge in [0, 0.05) is 18.2 Å². The summed E-state index contributed by atoms with van der Waals surface area (Å²) in [5.74, 6) is 1.11. The molecule has 0 fully saturated rings. The fourth-order valence-electron chi connectivity index (χ4n) is 1.25. The summed E-state index contributed by atoms with van der Waals surface area (Å²) in [6.45, 7) is 4.18. The van der Waals surface area contributed by atoms with Crippen molar-refractivity contribution in [2.75, 3.05) is 11.6 Å². The van der Waals surface area contributed by atoms with Gasteiger partial charge in [0.15, 0.2) is 5.03 Å². The van der Waals surface area contributed by atoms with Crippen LogP contribution in [0.4, 0.5) is 5.69 Å². The third-order valence-corrected chi connectivity index (χ3v) is 3.35. The summed E-state index contributed by atoms with van der Waals surface area (Å²) < 4.78 is 1.64. The van der Waals surface area contributed by atoms with Gasteiger partial charge in [0.25, 0.3) is 0 Å². The summed E-state index contributed by atoms with van der Waals surface area (Å²) in [5.41, 5.74) is 0.561. The fourth-order valence-corrected chi connectivity index (χ4v) is 2.43. The second kappa shape index (κ2) is 5.37. The summed E-state index contributed by atoms with van der Waals surface area (Å²) in [6.07, 6.45) is 0. The molecule has 0 unspecified atom stereocenters. The topological polar surface area (TPSA) is 61.0 Å². The van der Waals surface area contributed by atoms with Crippen molar-refractivity contribution in [3.63, 3.8) is 0 Å². The molecule has 1 aromatic rings. The predicted molar refractivity (Wildman–Crippen MR) is 60.7 cm³/mol. The molecule has 0 bridgehead atoms. The van der Waals surface area contributed by atoms with Crippen LogP contribution in [-0.2, 0) is 6.54 Å². The van der Waals surface area contributed by atoms with Crippen LogP contribution in [0.25, 0.3) is 0 Å². The summed E-state index contributed by atoms with van der Waals surface area (Å²) >= 11 is 6.94. The molecule has 1 aromatic heterocycles. The molecule has 0 radical (unpaired) electrons. The minimum atomic E-state index is -0.384. The first kappa shape index (κ1) is 12.3. The molecule has 0 aliphatic heterocycles. The average molecular weight is 250 g/mol. The number of nitrogens with zero attached hydrogens (tertiary/aromatic N) is 3. The van der Waals surface area contributed by atoms with E-state index in [1.807, 2.05) is 6.92 Å². The predicted octanol–water partition coefficient (Wildman–Crippen LogP) is 2.45. The van der Waals surface area contributed by atoms with Crippen molar-refractivity contribution in [1.82, 2.24) is 9.78 Å². The third-order valence-electron chi connectivity index (χ3n) is 1.85. The number of hydrogen-bond donors (Lipinski definition) is 0. The molecule has 0 saturated heterocycles. The lowest BCUT2D eigenvalue weighted by Gasteiger charge is -2.01. The zero-order valence-electron chi connectivity index (χ0n) is 8.57. The molecule has 0 aliphatic rings. The molecule has 0 atom stereocenters. The molecule has 0 aromatic carbocycles. The zero-order valence-corrected chi connectivity index (χ0v) is 10.1. The monoisotopic (exact) mass is 249 g/mol. The Hall–Kier alpha value is -0.750. The molecule has 1 rings (SSSR count). The van der Waals surface area contributed by atoms with E-state index in [2.05, 4.69) is 5.10 Å². The molecule has 84 valence electrons. The first-order valence-corrected chi connectivity index (χ1v) is 6.04. The molecule has 0 saturated carbocycles. The normalized spacial score (nSPS) is 10.6. The maximum atomic E-state index is 10.8. The fraction of sp³-hybridized carbons (Fsp3) is 0.625. The zero-order chi connectivity index (χ0) is 11.4. The van der Waals surface area contributed by atoms with Crippen LogP contribution in [-0.4, -0.2) is 26.3 Å². The minimum Gasteiger partial charge on any atom is -0.258 e. The Balaban J connectivity index is 3.11. The van der Waals surface area contributed by atoms with Crippen LogP contribution >= 0.6 is 23.4 Å². The maximum Gasteiger partial charge on any atom is 0.323 e. The van der Waals surface area contributed by atoms with Crippen LogP contribution in [0.3, 0.4) is 0 Å². The molecule has 0 N–H and O–H groups in total. The largest absolute Gasteiger partial charge is 0.323 e. The van der Waals surface area contributed by atoms with Gasteiger partial charge in [0.1, 0.15) is 5.69 Å². The minimum absolute atomic E-state index is 0.104. The smallest absolute Gasteiger partial charge is 0.258 e.